The summed E-state index contributed by atoms with van der Waals surface area (Å²) < 4.78 is 11.3. The molecule has 0 N–H and O–H groups in total. The summed E-state index contributed by atoms with van der Waals surface area (Å²) in [5, 5.41) is 0. The van der Waals surface area contributed by atoms with Gasteiger partial charge >= 0.3 is 0 Å². The highest BCUT2D eigenvalue weighted by atomic mass is 16.6. The smallest absolute Gasteiger partial charge is 0.103 e. The minimum atomic E-state index is 0.0492. The van der Waals surface area contributed by atoms with E-state index in [4.69, 9.17) is 9.47 Å². The van der Waals surface area contributed by atoms with Crippen LogP contribution in [0.4, 0.5) is 0 Å². The van der Waals surface area contributed by atoms with Gasteiger partial charge in [-0.25, -0.2) is 0 Å². The van der Waals surface area contributed by atoms with Crippen LogP contribution in [0.5, 0.6) is 0 Å². The summed E-state index contributed by atoms with van der Waals surface area (Å²) in [5.41, 5.74) is 1.26. The molecule has 1 aromatic rings. The van der Waals surface area contributed by atoms with Crippen LogP contribution in [0.1, 0.15) is 19.4 Å². The van der Waals surface area contributed by atoms with Gasteiger partial charge in [-0.1, -0.05) is 50.3 Å². The predicted molar refractivity (Wildman–Crippen MR) is 68.7 cm³/mol. The first-order valence-electron chi connectivity index (χ1n) is 6.03. The van der Waals surface area contributed by atoms with E-state index in [0.717, 1.165) is 0 Å². The van der Waals surface area contributed by atoms with Crippen molar-refractivity contribution in [1.82, 2.24) is 0 Å². The number of rotatable bonds is 6. The zero-order valence-corrected chi connectivity index (χ0v) is 10.6. The van der Waals surface area contributed by atoms with Crippen LogP contribution in [0.3, 0.4) is 0 Å². The molecule has 1 fully saturated rings. The SMILES string of the molecule is C=C[C@@H]1O[C@@H]1C(C)(C)COCc1ccccc1. The van der Waals surface area contributed by atoms with Gasteiger partial charge in [0.1, 0.15) is 6.10 Å². The van der Waals surface area contributed by atoms with Gasteiger partial charge in [-0.15, -0.1) is 6.58 Å². The Kier molecular flexibility index (Phi) is 3.65. The summed E-state index contributed by atoms with van der Waals surface area (Å²) in [6.45, 7) is 9.46. The Morgan fingerprint density at radius 3 is 2.65 bits per heavy atom. The average molecular weight is 232 g/mol. The van der Waals surface area contributed by atoms with E-state index < -0.39 is 0 Å². The maximum absolute atomic E-state index is 5.76. The normalized spacial score (nSPS) is 23.4. The van der Waals surface area contributed by atoms with Gasteiger partial charge in [-0.2, -0.15) is 0 Å². The first-order chi connectivity index (χ1) is 8.13. The zero-order valence-electron chi connectivity index (χ0n) is 10.6. The molecule has 0 unspecified atom stereocenters. The van der Waals surface area contributed by atoms with Crippen LogP contribution in [0, 0.1) is 5.41 Å². The van der Waals surface area contributed by atoms with Crippen molar-refractivity contribution in [2.75, 3.05) is 6.61 Å². The van der Waals surface area contributed by atoms with E-state index >= 15 is 0 Å². The first-order valence-corrected chi connectivity index (χ1v) is 6.03. The van der Waals surface area contributed by atoms with E-state index in [-0.39, 0.29) is 17.6 Å². The molecule has 1 saturated heterocycles. The van der Waals surface area contributed by atoms with Crippen LogP contribution in [0.25, 0.3) is 0 Å². The lowest BCUT2D eigenvalue weighted by molar-refractivity contribution is 0.0366. The van der Waals surface area contributed by atoms with Gasteiger partial charge in [0.15, 0.2) is 0 Å². The second-order valence-electron chi connectivity index (χ2n) is 5.22. The van der Waals surface area contributed by atoms with Crippen molar-refractivity contribution in [2.24, 2.45) is 5.41 Å². The molecule has 2 rings (SSSR count). The monoisotopic (exact) mass is 232 g/mol. The van der Waals surface area contributed by atoms with Gasteiger partial charge in [0.05, 0.1) is 19.3 Å². The van der Waals surface area contributed by atoms with Crippen molar-refractivity contribution in [2.45, 2.75) is 32.7 Å². The third-order valence-electron chi connectivity index (χ3n) is 3.11. The average Bonchev–Trinajstić information content (AvgIpc) is 3.10. The third-order valence-corrected chi connectivity index (χ3v) is 3.11. The first kappa shape index (κ1) is 12.3. The molecule has 1 aromatic carbocycles. The van der Waals surface area contributed by atoms with Crippen LogP contribution in [-0.2, 0) is 16.1 Å². The summed E-state index contributed by atoms with van der Waals surface area (Å²) >= 11 is 0. The summed E-state index contributed by atoms with van der Waals surface area (Å²) in [4.78, 5) is 0. The Morgan fingerprint density at radius 1 is 1.35 bits per heavy atom. The van der Waals surface area contributed by atoms with Crippen LogP contribution in [-0.4, -0.2) is 18.8 Å². The Morgan fingerprint density at radius 2 is 2.06 bits per heavy atom. The van der Waals surface area contributed by atoms with Crippen LogP contribution in [0.2, 0.25) is 0 Å². The number of epoxide rings is 1. The van der Waals surface area contributed by atoms with Gasteiger partial charge < -0.3 is 9.47 Å². The Bertz CT molecular complexity index is 370. The lowest BCUT2D eigenvalue weighted by atomic mass is 9.88. The molecule has 1 aliphatic rings. The second-order valence-corrected chi connectivity index (χ2v) is 5.22. The van der Waals surface area contributed by atoms with Crippen molar-refractivity contribution in [1.29, 1.82) is 0 Å². The highest BCUT2D eigenvalue weighted by Gasteiger charge is 2.47. The number of hydrogen-bond acceptors (Lipinski definition) is 2. The van der Waals surface area contributed by atoms with Crippen molar-refractivity contribution >= 4 is 0 Å². The molecule has 2 atom stereocenters. The fraction of sp³-hybridized carbons (Fsp3) is 0.467. The van der Waals surface area contributed by atoms with Crippen LogP contribution < -0.4 is 0 Å². The quantitative estimate of drug-likeness (QED) is 0.555. The molecule has 0 bridgehead atoms. The lowest BCUT2D eigenvalue weighted by Crippen LogP contribution is -2.27. The fourth-order valence-corrected chi connectivity index (χ4v) is 2.02. The molecule has 2 nitrogen and oxygen atoms in total. The third kappa shape index (κ3) is 3.18. The maximum atomic E-state index is 5.76. The maximum Gasteiger partial charge on any atom is 0.103 e. The standard InChI is InChI=1S/C15H20O2/c1-4-13-14(17-13)15(2,3)11-16-10-12-8-6-5-7-9-12/h4-9,13-14H,1,10-11H2,2-3H3/t13-,14-/m0/s1. The van der Waals surface area contributed by atoms with E-state index in [1.165, 1.54) is 5.56 Å². The van der Waals surface area contributed by atoms with Gasteiger partial charge in [0.25, 0.3) is 0 Å². The van der Waals surface area contributed by atoms with Crippen LogP contribution in [0.15, 0.2) is 43.0 Å². The van der Waals surface area contributed by atoms with E-state index in [9.17, 15) is 0 Å². The van der Waals surface area contributed by atoms with Gasteiger partial charge in [0, 0.05) is 5.41 Å². The molecule has 1 heterocycles. The molecule has 0 amide bonds. The highest BCUT2D eigenvalue weighted by molar-refractivity contribution is 5.13. The second kappa shape index (κ2) is 5.03. The fourth-order valence-electron chi connectivity index (χ4n) is 2.02. The predicted octanol–water partition coefficient (Wildman–Crippen LogP) is 3.18. The minimum absolute atomic E-state index is 0.0492. The van der Waals surface area contributed by atoms with Crippen molar-refractivity contribution < 1.29 is 9.47 Å². The Balaban J connectivity index is 1.77. The number of ether oxygens (including phenoxy) is 2. The topological polar surface area (TPSA) is 21.8 Å². The van der Waals surface area contributed by atoms with Crippen LogP contribution >= 0.6 is 0 Å². The van der Waals surface area contributed by atoms with Gasteiger partial charge in [-0.3, -0.25) is 0 Å². The molecule has 1 aliphatic heterocycles. The Labute approximate surface area is 103 Å². The van der Waals surface area contributed by atoms with E-state index in [0.29, 0.717) is 13.2 Å². The van der Waals surface area contributed by atoms with Gasteiger partial charge in [-0.05, 0) is 5.56 Å². The largest absolute Gasteiger partial charge is 0.376 e. The summed E-state index contributed by atoms with van der Waals surface area (Å²) in [7, 11) is 0. The molecular formula is C15H20O2. The zero-order chi connectivity index (χ0) is 12.3. The summed E-state index contributed by atoms with van der Waals surface area (Å²) in [6, 6.07) is 10.2. The lowest BCUT2D eigenvalue weighted by Gasteiger charge is -2.22. The molecular weight excluding hydrogens is 212 g/mol. The number of benzene rings is 1. The van der Waals surface area contributed by atoms with E-state index in [1.807, 2.05) is 24.3 Å². The summed E-state index contributed by atoms with van der Waals surface area (Å²) in [6.07, 6.45) is 2.34. The highest BCUT2D eigenvalue weighted by Crippen LogP contribution is 2.39. The van der Waals surface area contributed by atoms with Crippen molar-refractivity contribution in [3.63, 3.8) is 0 Å². The summed E-state index contributed by atoms with van der Waals surface area (Å²) in [5.74, 6) is 0. The molecule has 0 spiro atoms. The molecule has 0 radical (unpaired) electrons. The molecule has 17 heavy (non-hydrogen) atoms. The molecule has 0 aliphatic carbocycles. The molecule has 0 aromatic heterocycles. The number of hydrogen-bond donors (Lipinski definition) is 0. The minimum Gasteiger partial charge on any atom is -0.376 e. The van der Waals surface area contributed by atoms with Crippen molar-refractivity contribution in [3.05, 3.63) is 48.6 Å². The Hall–Kier alpha value is -1.12. The molecule has 2 heteroatoms. The van der Waals surface area contributed by atoms with Gasteiger partial charge in [0.2, 0.25) is 0 Å². The van der Waals surface area contributed by atoms with E-state index in [1.54, 1.807) is 0 Å². The molecule has 0 saturated carbocycles. The molecule has 92 valence electrons. The van der Waals surface area contributed by atoms with E-state index in [2.05, 4.69) is 32.6 Å². The van der Waals surface area contributed by atoms with Crippen molar-refractivity contribution in [3.8, 4) is 0 Å².